The highest BCUT2D eigenvalue weighted by Crippen LogP contribution is 2.40. The molecule has 0 aromatic rings. The lowest BCUT2D eigenvalue weighted by Crippen LogP contribution is -2.43. The SMILES string of the molecule is CCCC1CCC(NC2CCC(C(C)(C)CC)CC2)CC1. The van der Waals surface area contributed by atoms with E-state index in [4.69, 9.17) is 0 Å². The van der Waals surface area contributed by atoms with Crippen molar-refractivity contribution in [1.82, 2.24) is 5.32 Å². The summed E-state index contributed by atoms with van der Waals surface area (Å²) >= 11 is 0. The van der Waals surface area contributed by atoms with Crippen molar-refractivity contribution in [3.05, 3.63) is 0 Å². The maximum atomic E-state index is 4.01. The fourth-order valence-corrected chi connectivity index (χ4v) is 4.69. The van der Waals surface area contributed by atoms with Gasteiger partial charge >= 0.3 is 0 Å². The van der Waals surface area contributed by atoms with E-state index < -0.39 is 0 Å². The maximum absolute atomic E-state index is 4.01. The van der Waals surface area contributed by atoms with Gasteiger partial charge in [-0.05, 0) is 68.6 Å². The largest absolute Gasteiger partial charge is 0.311 e. The normalized spacial score (nSPS) is 34.9. The molecule has 0 amide bonds. The third-order valence-corrected chi connectivity index (χ3v) is 6.76. The van der Waals surface area contributed by atoms with Gasteiger partial charge in [-0.3, -0.25) is 0 Å². The molecule has 2 fully saturated rings. The van der Waals surface area contributed by atoms with Gasteiger partial charge in [0.25, 0.3) is 0 Å². The van der Waals surface area contributed by atoms with Crippen molar-refractivity contribution in [3.63, 3.8) is 0 Å². The summed E-state index contributed by atoms with van der Waals surface area (Å²) in [7, 11) is 0. The molecule has 0 atom stereocenters. The lowest BCUT2D eigenvalue weighted by molar-refractivity contribution is 0.129. The summed E-state index contributed by atoms with van der Waals surface area (Å²) in [6.45, 7) is 9.64. The highest BCUT2D eigenvalue weighted by molar-refractivity contribution is 4.87. The van der Waals surface area contributed by atoms with Crippen molar-refractivity contribution < 1.29 is 0 Å². The van der Waals surface area contributed by atoms with Crippen LogP contribution in [0.5, 0.6) is 0 Å². The number of rotatable bonds is 6. The van der Waals surface area contributed by atoms with E-state index in [0.717, 1.165) is 23.9 Å². The number of hydrogen-bond donors (Lipinski definition) is 1. The second kappa shape index (κ2) is 7.99. The van der Waals surface area contributed by atoms with Gasteiger partial charge in [0.05, 0.1) is 0 Å². The molecule has 1 heteroatoms. The maximum Gasteiger partial charge on any atom is 0.00698 e. The molecule has 0 radical (unpaired) electrons. The smallest absolute Gasteiger partial charge is 0.00698 e. The van der Waals surface area contributed by atoms with Gasteiger partial charge < -0.3 is 5.32 Å². The zero-order valence-corrected chi connectivity index (χ0v) is 15.1. The van der Waals surface area contributed by atoms with Gasteiger partial charge in [0.15, 0.2) is 0 Å². The standard InChI is InChI=1S/C20H39N/c1-5-7-16-8-12-18(13-9-16)21-19-14-10-17(11-15-19)20(3,4)6-2/h16-19,21H,5-15H2,1-4H3. The van der Waals surface area contributed by atoms with Crippen LogP contribution < -0.4 is 5.32 Å². The van der Waals surface area contributed by atoms with Crippen LogP contribution in [0.25, 0.3) is 0 Å². The molecule has 2 saturated carbocycles. The molecular weight excluding hydrogens is 254 g/mol. The molecule has 0 saturated heterocycles. The quantitative estimate of drug-likeness (QED) is 0.640. The minimum Gasteiger partial charge on any atom is -0.311 e. The molecular formula is C20H39N. The van der Waals surface area contributed by atoms with Gasteiger partial charge in [0.1, 0.15) is 0 Å². The third-order valence-electron chi connectivity index (χ3n) is 6.76. The minimum absolute atomic E-state index is 0.559. The lowest BCUT2D eigenvalue weighted by Gasteiger charge is -2.40. The van der Waals surface area contributed by atoms with E-state index in [1.807, 2.05) is 0 Å². The van der Waals surface area contributed by atoms with E-state index in [1.165, 1.54) is 70.6 Å². The van der Waals surface area contributed by atoms with Gasteiger partial charge in [0.2, 0.25) is 0 Å². The first-order chi connectivity index (χ1) is 10.0. The van der Waals surface area contributed by atoms with Gasteiger partial charge in [0, 0.05) is 12.1 Å². The van der Waals surface area contributed by atoms with Crippen LogP contribution >= 0.6 is 0 Å². The molecule has 2 rings (SSSR count). The Labute approximate surface area is 133 Å². The average molecular weight is 294 g/mol. The highest BCUT2D eigenvalue weighted by Gasteiger charge is 2.32. The lowest BCUT2D eigenvalue weighted by atomic mass is 9.68. The second-order valence-corrected chi connectivity index (χ2v) is 8.56. The molecule has 0 aromatic carbocycles. The van der Waals surface area contributed by atoms with Gasteiger partial charge in [-0.2, -0.15) is 0 Å². The van der Waals surface area contributed by atoms with Gasteiger partial charge in [-0.15, -0.1) is 0 Å². The molecule has 0 bridgehead atoms. The fraction of sp³-hybridized carbons (Fsp3) is 1.00. The third kappa shape index (κ3) is 4.98. The predicted molar refractivity (Wildman–Crippen MR) is 93.6 cm³/mol. The van der Waals surface area contributed by atoms with Crippen molar-refractivity contribution in [2.45, 2.75) is 110 Å². The second-order valence-electron chi connectivity index (χ2n) is 8.56. The Bertz CT molecular complexity index is 280. The molecule has 124 valence electrons. The van der Waals surface area contributed by atoms with Crippen molar-refractivity contribution in [3.8, 4) is 0 Å². The average Bonchev–Trinajstić information content (AvgIpc) is 2.50. The molecule has 21 heavy (non-hydrogen) atoms. The highest BCUT2D eigenvalue weighted by atomic mass is 15.0. The summed E-state index contributed by atoms with van der Waals surface area (Å²) in [6.07, 6.45) is 15.7. The molecule has 0 heterocycles. The van der Waals surface area contributed by atoms with Crippen LogP contribution in [-0.2, 0) is 0 Å². The Morgan fingerprint density at radius 3 is 1.81 bits per heavy atom. The van der Waals surface area contributed by atoms with E-state index >= 15 is 0 Å². The summed E-state index contributed by atoms with van der Waals surface area (Å²) in [4.78, 5) is 0. The van der Waals surface area contributed by atoms with Crippen molar-refractivity contribution in [2.24, 2.45) is 17.3 Å². The molecule has 2 aliphatic carbocycles. The minimum atomic E-state index is 0.559. The van der Waals surface area contributed by atoms with Crippen LogP contribution in [0, 0.1) is 17.3 Å². The molecule has 0 unspecified atom stereocenters. The zero-order valence-electron chi connectivity index (χ0n) is 15.1. The topological polar surface area (TPSA) is 12.0 Å². The summed E-state index contributed by atoms with van der Waals surface area (Å²) in [5.74, 6) is 2.00. The van der Waals surface area contributed by atoms with Crippen LogP contribution in [0.3, 0.4) is 0 Å². The Balaban J connectivity index is 1.68. The molecule has 1 N–H and O–H groups in total. The Morgan fingerprint density at radius 1 is 0.810 bits per heavy atom. The summed E-state index contributed by atoms with van der Waals surface area (Å²) in [5.41, 5.74) is 0.559. The summed E-state index contributed by atoms with van der Waals surface area (Å²) in [5, 5.41) is 4.01. The Morgan fingerprint density at radius 2 is 1.33 bits per heavy atom. The molecule has 1 nitrogen and oxygen atoms in total. The van der Waals surface area contributed by atoms with Gasteiger partial charge in [-0.25, -0.2) is 0 Å². The predicted octanol–water partition coefficient (Wildman–Crippen LogP) is 5.93. The van der Waals surface area contributed by atoms with E-state index in [2.05, 4.69) is 33.0 Å². The number of nitrogens with one attached hydrogen (secondary N) is 1. The van der Waals surface area contributed by atoms with E-state index in [0.29, 0.717) is 5.41 Å². The number of hydrogen-bond acceptors (Lipinski definition) is 1. The fourth-order valence-electron chi connectivity index (χ4n) is 4.69. The van der Waals surface area contributed by atoms with Crippen molar-refractivity contribution >= 4 is 0 Å². The summed E-state index contributed by atoms with van der Waals surface area (Å²) in [6, 6.07) is 1.65. The first-order valence-corrected chi connectivity index (χ1v) is 9.81. The zero-order chi connectivity index (χ0) is 15.3. The first kappa shape index (κ1) is 17.3. The Kier molecular flexibility index (Phi) is 6.59. The van der Waals surface area contributed by atoms with Crippen molar-refractivity contribution in [1.29, 1.82) is 0 Å². The van der Waals surface area contributed by atoms with Gasteiger partial charge in [-0.1, -0.05) is 47.0 Å². The van der Waals surface area contributed by atoms with Crippen LogP contribution in [-0.4, -0.2) is 12.1 Å². The van der Waals surface area contributed by atoms with Crippen LogP contribution in [0.2, 0.25) is 0 Å². The van der Waals surface area contributed by atoms with Crippen LogP contribution in [0.1, 0.15) is 98.3 Å². The van der Waals surface area contributed by atoms with E-state index in [-0.39, 0.29) is 0 Å². The molecule has 0 aromatic heterocycles. The monoisotopic (exact) mass is 293 g/mol. The van der Waals surface area contributed by atoms with Crippen LogP contribution in [0.4, 0.5) is 0 Å². The molecule has 0 aliphatic heterocycles. The van der Waals surface area contributed by atoms with Crippen LogP contribution in [0.15, 0.2) is 0 Å². The van der Waals surface area contributed by atoms with Crippen molar-refractivity contribution in [2.75, 3.05) is 0 Å². The molecule has 2 aliphatic rings. The van der Waals surface area contributed by atoms with E-state index in [9.17, 15) is 0 Å². The first-order valence-electron chi connectivity index (χ1n) is 9.81. The van der Waals surface area contributed by atoms with E-state index in [1.54, 1.807) is 0 Å². The Hall–Kier alpha value is -0.0400. The molecule has 0 spiro atoms. The summed E-state index contributed by atoms with van der Waals surface area (Å²) < 4.78 is 0.